The van der Waals surface area contributed by atoms with E-state index in [0.29, 0.717) is 17.9 Å². The van der Waals surface area contributed by atoms with Gasteiger partial charge in [-0.15, -0.1) is 11.8 Å². The summed E-state index contributed by atoms with van der Waals surface area (Å²) in [6.07, 6.45) is 0.606. The highest BCUT2D eigenvalue weighted by molar-refractivity contribution is 8.00. The van der Waals surface area contributed by atoms with E-state index in [1.807, 2.05) is 0 Å². The average molecular weight is 355 g/mol. The van der Waals surface area contributed by atoms with Gasteiger partial charge in [0.15, 0.2) is 0 Å². The largest absolute Gasteiger partial charge is 0.480 e. The van der Waals surface area contributed by atoms with Gasteiger partial charge in [-0.2, -0.15) is 0 Å². The molecule has 0 radical (unpaired) electrons. The van der Waals surface area contributed by atoms with Crippen LogP contribution >= 0.6 is 11.8 Å². The smallest absolute Gasteiger partial charge is 0.355 e. The Labute approximate surface area is 141 Å². The zero-order chi connectivity index (χ0) is 17.4. The van der Waals surface area contributed by atoms with Crippen molar-refractivity contribution in [3.8, 4) is 0 Å². The van der Waals surface area contributed by atoms with E-state index in [0.717, 1.165) is 5.57 Å². The first-order valence-corrected chi connectivity index (χ1v) is 8.56. The lowest BCUT2D eigenvalue weighted by Crippen LogP contribution is -2.70. The summed E-state index contributed by atoms with van der Waals surface area (Å²) < 4.78 is 4.94. The number of ether oxygens (including phenoxy) is 1. The highest BCUT2D eigenvalue weighted by Gasteiger charge is 2.55. The molecule has 1 saturated heterocycles. The van der Waals surface area contributed by atoms with E-state index in [-0.39, 0.29) is 36.6 Å². The maximum Gasteiger partial charge on any atom is 0.355 e. The molecular weight excluding hydrogens is 338 g/mol. The molecule has 2 amide bonds. The molecule has 3 atom stereocenters. The van der Waals surface area contributed by atoms with Crippen molar-refractivity contribution in [3.05, 3.63) is 11.3 Å². The molecule has 9 nitrogen and oxygen atoms in total. The summed E-state index contributed by atoms with van der Waals surface area (Å²) in [5.41, 5.74) is 6.50. The minimum atomic E-state index is -1.11. The van der Waals surface area contributed by atoms with Gasteiger partial charge in [-0.05, 0) is 12.8 Å². The number of carbonyl (C=O) groups is 4. The Kier molecular flexibility index (Phi) is 4.50. The molecular formula is C14H17N3O6S. The van der Waals surface area contributed by atoms with Crippen LogP contribution in [-0.4, -0.2) is 63.6 Å². The number of carboxylic acids is 1. The molecule has 4 N–H and O–H groups in total. The minimum absolute atomic E-state index is 0.0954. The third-order valence-corrected chi connectivity index (χ3v) is 5.51. The molecule has 0 unspecified atom stereocenters. The Balaban J connectivity index is 1.51. The molecule has 3 aliphatic rings. The topological polar surface area (TPSA) is 139 Å². The van der Waals surface area contributed by atoms with Gasteiger partial charge < -0.3 is 20.9 Å². The maximum atomic E-state index is 12.2. The van der Waals surface area contributed by atoms with Gasteiger partial charge in [0.05, 0.1) is 0 Å². The Morgan fingerprint density at radius 3 is 2.92 bits per heavy atom. The molecule has 0 spiro atoms. The summed E-state index contributed by atoms with van der Waals surface area (Å²) in [5.74, 6) is -1.66. The van der Waals surface area contributed by atoms with E-state index in [1.54, 1.807) is 0 Å². The summed E-state index contributed by atoms with van der Waals surface area (Å²) in [7, 11) is 0. The van der Waals surface area contributed by atoms with E-state index in [1.165, 1.54) is 16.7 Å². The van der Waals surface area contributed by atoms with E-state index < -0.39 is 24.0 Å². The van der Waals surface area contributed by atoms with Crippen LogP contribution in [0.4, 0.5) is 0 Å². The number of esters is 1. The lowest BCUT2D eigenvalue weighted by atomic mass is 10.0. The number of carbonyl (C=O) groups excluding carboxylic acids is 3. The average Bonchev–Trinajstić information content (AvgIpc) is 2.92. The second-order valence-corrected chi connectivity index (χ2v) is 6.93. The maximum absolute atomic E-state index is 12.2. The number of β-lactam (4-membered cyclic amide) rings is 1. The number of hydrogen-bond acceptors (Lipinski definition) is 7. The number of hydrogen-bond donors (Lipinski definition) is 3. The minimum Gasteiger partial charge on any atom is -0.480 e. The molecule has 0 aromatic carbocycles. The van der Waals surface area contributed by atoms with Crippen molar-refractivity contribution in [1.82, 2.24) is 10.2 Å². The molecule has 0 saturated carbocycles. The fourth-order valence-corrected chi connectivity index (χ4v) is 4.18. The predicted octanol–water partition coefficient (Wildman–Crippen LogP) is -1.22. The number of thioether (sulfide) groups is 1. The third-order valence-electron chi connectivity index (χ3n) is 4.17. The van der Waals surface area contributed by atoms with Crippen LogP contribution in [0.25, 0.3) is 0 Å². The number of carboxylic acid groups (broad SMARTS) is 1. The number of aliphatic carboxylic acids is 1. The van der Waals surface area contributed by atoms with Gasteiger partial charge >= 0.3 is 11.9 Å². The van der Waals surface area contributed by atoms with E-state index in [2.05, 4.69) is 5.32 Å². The van der Waals surface area contributed by atoms with Gasteiger partial charge in [-0.3, -0.25) is 19.3 Å². The second kappa shape index (κ2) is 6.44. The van der Waals surface area contributed by atoms with Gasteiger partial charge in [0.1, 0.15) is 29.8 Å². The SMILES string of the molecule is N[C@H](CCCC(=O)N[C@@H]1C(=O)N2C3=C(COC3=O)CS[C@H]12)C(=O)O. The zero-order valence-electron chi connectivity index (χ0n) is 12.7. The van der Waals surface area contributed by atoms with Gasteiger partial charge in [0.2, 0.25) is 5.91 Å². The highest BCUT2D eigenvalue weighted by Crippen LogP contribution is 2.42. The number of fused-ring (bicyclic) bond motifs is 2. The molecule has 0 aromatic rings. The molecule has 10 heteroatoms. The first-order chi connectivity index (χ1) is 11.4. The summed E-state index contributed by atoms with van der Waals surface area (Å²) in [5, 5.41) is 11.0. The molecule has 130 valence electrons. The van der Waals surface area contributed by atoms with Gasteiger partial charge in [-0.1, -0.05) is 0 Å². The molecule has 3 heterocycles. The van der Waals surface area contributed by atoms with Crippen molar-refractivity contribution in [3.63, 3.8) is 0 Å². The standard InChI is InChI=1S/C14H17N3O6S/c15-7(13(20)21)2-1-3-8(18)16-9-11(19)17-10-6(4-23-14(10)22)5-24-12(9)17/h7,9,12H,1-5,15H2,(H,16,18)(H,20,21)/t7-,9-,12-/m1/s1. The fraction of sp³-hybridized carbons (Fsp3) is 0.571. The highest BCUT2D eigenvalue weighted by atomic mass is 32.2. The number of nitrogens with one attached hydrogen (secondary N) is 1. The summed E-state index contributed by atoms with van der Waals surface area (Å²) >= 11 is 1.48. The van der Waals surface area contributed by atoms with Crippen LogP contribution in [0.15, 0.2) is 11.3 Å². The molecule has 0 aliphatic carbocycles. The summed E-state index contributed by atoms with van der Waals surface area (Å²) in [6.45, 7) is 0.221. The first kappa shape index (κ1) is 16.8. The molecule has 0 aromatic heterocycles. The number of rotatable bonds is 6. The predicted molar refractivity (Wildman–Crippen MR) is 82.5 cm³/mol. The quantitative estimate of drug-likeness (QED) is 0.398. The van der Waals surface area contributed by atoms with Crippen molar-refractivity contribution in [1.29, 1.82) is 0 Å². The number of amides is 2. The summed E-state index contributed by atoms with van der Waals surface area (Å²) in [4.78, 5) is 47.9. The van der Waals surface area contributed by atoms with Crippen LogP contribution in [-0.2, 0) is 23.9 Å². The molecule has 1 fully saturated rings. The van der Waals surface area contributed by atoms with Crippen LogP contribution in [0.2, 0.25) is 0 Å². The van der Waals surface area contributed by atoms with Crippen molar-refractivity contribution >= 4 is 35.5 Å². The van der Waals surface area contributed by atoms with Crippen molar-refractivity contribution < 1.29 is 29.0 Å². The summed E-state index contributed by atoms with van der Waals surface area (Å²) in [6, 6.07) is -1.66. The Bertz CT molecular complexity index is 648. The first-order valence-electron chi connectivity index (χ1n) is 7.51. The van der Waals surface area contributed by atoms with E-state index in [4.69, 9.17) is 15.6 Å². The van der Waals surface area contributed by atoms with Gasteiger partial charge in [0.25, 0.3) is 5.91 Å². The number of nitrogens with zero attached hydrogens (tertiary/aromatic N) is 1. The van der Waals surface area contributed by atoms with E-state index in [9.17, 15) is 19.2 Å². The van der Waals surface area contributed by atoms with E-state index >= 15 is 0 Å². The monoisotopic (exact) mass is 355 g/mol. The van der Waals surface area contributed by atoms with Crippen LogP contribution in [0.1, 0.15) is 19.3 Å². The fourth-order valence-electron chi connectivity index (χ4n) is 2.86. The molecule has 3 rings (SSSR count). The van der Waals surface area contributed by atoms with Crippen molar-refractivity contribution in [2.45, 2.75) is 36.7 Å². The van der Waals surface area contributed by atoms with Crippen molar-refractivity contribution in [2.24, 2.45) is 5.73 Å². The Morgan fingerprint density at radius 2 is 2.21 bits per heavy atom. The van der Waals surface area contributed by atoms with Gasteiger partial charge in [0, 0.05) is 17.7 Å². The zero-order valence-corrected chi connectivity index (χ0v) is 13.5. The third kappa shape index (κ3) is 2.86. The lowest BCUT2D eigenvalue weighted by Gasteiger charge is -2.48. The molecule has 3 aliphatic heterocycles. The number of cyclic esters (lactones) is 1. The van der Waals surface area contributed by atoms with Crippen LogP contribution < -0.4 is 11.1 Å². The van der Waals surface area contributed by atoms with Crippen LogP contribution in [0.5, 0.6) is 0 Å². The van der Waals surface area contributed by atoms with Crippen LogP contribution in [0.3, 0.4) is 0 Å². The second-order valence-electron chi connectivity index (χ2n) is 5.82. The lowest BCUT2D eigenvalue weighted by molar-refractivity contribution is -0.150. The molecule has 0 bridgehead atoms. The Hall–Kier alpha value is -2.07. The van der Waals surface area contributed by atoms with Crippen LogP contribution in [0, 0.1) is 0 Å². The number of nitrogens with two attached hydrogens (primary N) is 1. The van der Waals surface area contributed by atoms with Gasteiger partial charge in [-0.25, -0.2) is 4.79 Å². The Morgan fingerprint density at radius 1 is 1.46 bits per heavy atom. The van der Waals surface area contributed by atoms with Crippen molar-refractivity contribution in [2.75, 3.05) is 12.4 Å². The molecule has 24 heavy (non-hydrogen) atoms. The normalized spacial score (nSPS) is 26.3.